The second-order valence-electron chi connectivity index (χ2n) is 4.19. The predicted octanol–water partition coefficient (Wildman–Crippen LogP) is 0.327. The molecular weight excluding hydrogens is 143 g/mol. The number of hydrogen-bond acceptors (Lipinski definition) is 0. The molecule has 2 heteroatoms. The van der Waals surface area contributed by atoms with E-state index in [1.54, 1.807) is 5.57 Å². The van der Waals surface area contributed by atoms with Gasteiger partial charge in [-0.1, -0.05) is 43.4 Å². The minimum atomic E-state index is -0.831. The smallest absolute Gasteiger partial charge is 1.00 e. The molecule has 0 spiro atoms. The summed E-state index contributed by atoms with van der Waals surface area (Å²) in [5.74, 6) is 0. The van der Waals surface area contributed by atoms with E-state index in [0.717, 1.165) is 0 Å². The van der Waals surface area contributed by atoms with Crippen molar-refractivity contribution in [2.45, 2.75) is 32.1 Å². The first-order valence-corrected chi connectivity index (χ1v) is 7.63. The van der Waals surface area contributed by atoms with Crippen LogP contribution in [0.3, 0.4) is 0 Å². The van der Waals surface area contributed by atoms with Gasteiger partial charge in [-0.3, -0.25) is 0 Å². The van der Waals surface area contributed by atoms with Gasteiger partial charge in [0.1, 0.15) is 0 Å². The van der Waals surface area contributed by atoms with E-state index in [1.807, 2.05) is 0 Å². The Labute approximate surface area is 84.4 Å². The van der Waals surface area contributed by atoms with Crippen molar-refractivity contribution >= 4 is 8.07 Å². The summed E-state index contributed by atoms with van der Waals surface area (Å²) in [4.78, 5) is 0. The van der Waals surface area contributed by atoms with Gasteiger partial charge in [0.2, 0.25) is 0 Å². The molecule has 0 N–H and O–H groups in total. The largest absolute Gasteiger partial charge is 1.00 e. The minimum absolute atomic E-state index is 0. The SMILES string of the molecule is C[Si](C)(C)CC1=CC=CC1.[H-].[Li+]. The average molecular weight is 160 g/mol. The molecule has 0 saturated carbocycles. The van der Waals surface area contributed by atoms with Crippen LogP contribution in [0.1, 0.15) is 7.85 Å². The van der Waals surface area contributed by atoms with Crippen molar-refractivity contribution in [1.29, 1.82) is 0 Å². The molecule has 0 amide bonds. The third-order valence-electron chi connectivity index (χ3n) is 1.61. The summed E-state index contributed by atoms with van der Waals surface area (Å²) < 4.78 is 0. The summed E-state index contributed by atoms with van der Waals surface area (Å²) in [6.07, 6.45) is 7.91. The molecule has 0 fully saturated rings. The van der Waals surface area contributed by atoms with E-state index in [1.165, 1.54) is 12.5 Å². The van der Waals surface area contributed by atoms with Crippen molar-refractivity contribution in [1.82, 2.24) is 0 Å². The second-order valence-corrected chi connectivity index (χ2v) is 9.67. The minimum Gasteiger partial charge on any atom is -1.00 e. The molecule has 0 radical (unpaired) electrons. The van der Waals surface area contributed by atoms with Crippen molar-refractivity contribution in [3.8, 4) is 0 Å². The Morgan fingerprint density at radius 2 is 2.09 bits per heavy atom. The van der Waals surface area contributed by atoms with Gasteiger partial charge >= 0.3 is 18.9 Å². The van der Waals surface area contributed by atoms with E-state index in [-0.39, 0.29) is 20.3 Å². The zero-order valence-electron chi connectivity index (χ0n) is 9.15. The fourth-order valence-corrected chi connectivity index (χ4v) is 2.93. The van der Waals surface area contributed by atoms with Crippen LogP contribution in [0.15, 0.2) is 23.8 Å². The fourth-order valence-electron chi connectivity index (χ4n) is 1.30. The summed E-state index contributed by atoms with van der Waals surface area (Å²) in [7, 11) is -0.831. The molecule has 0 heterocycles. The molecule has 0 aliphatic heterocycles. The van der Waals surface area contributed by atoms with E-state index in [9.17, 15) is 0 Å². The Kier molecular flexibility index (Phi) is 4.47. The molecule has 0 nitrogen and oxygen atoms in total. The Bertz CT molecular complexity index is 179. The first-order valence-electron chi connectivity index (χ1n) is 3.92. The number of hydrogen-bond donors (Lipinski definition) is 0. The Hall–Kier alpha value is 0.294. The summed E-state index contributed by atoms with van der Waals surface area (Å²) in [5, 5.41) is 0. The van der Waals surface area contributed by atoms with E-state index < -0.39 is 8.07 Å². The average Bonchev–Trinajstić information content (AvgIpc) is 2.12. The molecule has 0 unspecified atom stereocenters. The Morgan fingerprint density at radius 3 is 2.45 bits per heavy atom. The summed E-state index contributed by atoms with van der Waals surface area (Å²) in [6, 6.07) is 1.38. The quantitative estimate of drug-likeness (QED) is 0.511. The number of allylic oxidation sites excluding steroid dienone is 4. The second kappa shape index (κ2) is 4.35. The fraction of sp³-hybridized carbons (Fsp3) is 0.556. The van der Waals surface area contributed by atoms with Gasteiger partial charge in [0.25, 0.3) is 0 Å². The third kappa shape index (κ3) is 4.69. The van der Waals surface area contributed by atoms with Gasteiger partial charge in [-0.2, -0.15) is 0 Å². The van der Waals surface area contributed by atoms with Gasteiger partial charge in [0, 0.05) is 8.07 Å². The van der Waals surface area contributed by atoms with Gasteiger partial charge in [0.15, 0.2) is 0 Å². The predicted molar refractivity (Wildman–Crippen MR) is 51.1 cm³/mol. The van der Waals surface area contributed by atoms with Gasteiger partial charge < -0.3 is 1.43 Å². The molecule has 1 aliphatic rings. The van der Waals surface area contributed by atoms with Crippen molar-refractivity contribution in [3.05, 3.63) is 23.8 Å². The Balaban J connectivity index is 0. The van der Waals surface area contributed by atoms with Crippen LogP contribution in [0.25, 0.3) is 0 Å². The molecule has 0 atom stereocenters. The van der Waals surface area contributed by atoms with Crippen LogP contribution in [0.5, 0.6) is 0 Å². The van der Waals surface area contributed by atoms with Crippen LogP contribution in [-0.4, -0.2) is 8.07 Å². The maximum atomic E-state index is 2.42. The van der Waals surface area contributed by atoms with Gasteiger partial charge in [0.05, 0.1) is 0 Å². The molecule has 1 rings (SSSR count). The summed E-state index contributed by atoms with van der Waals surface area (Å²) in [6.45, 7) is 7.27. The van der Waals surface area contributed by atoms with Crippen molar-refractivity contribution in [2.75, 3.05) is 0 Å². The zero-order valence-corrected chi connectivity index (χ0v) is 9.15. The molecule has 58 valence electrons. The van der Waals surface area contributed by atoms with Gasteiger partial charge in [-0.05, 0) is 12.5 Å². The molecule has 1 aliphatic carbocycles. The molecule has 0 saturated heterocycles. The van der Waals surface area contributed by atoms with Crippen molar-refractivity contribution in [3.63, 3.8) is 0 Å². The van der Waals surface area contributed by atoms with Crippen molar-refractivity contribution < 1.29 is 20.3 Å². The topological polar surface area (TPSA) is 0 Å². The van der Waals surface area contributed by atoms with Crippen molar-refractivity contribution in [2.24, 2.45) is 0 Å². The first kappa shape index (κ1) is 11.3. The van der Waals surface area contributed by atoms with Crippen LogP contribution in [0.2, 0.25) is 25.7 Å². The summed E-state index contributed by atoms with van der Waals surface area (Å²) in [5.41, 5.74) is 1.64. The van der Waals surface area contributed by atoms with Crippen LogP contribution in [-0.2, 0) is 0 Å². The van der Waals surface area contributed by atoms with Crippen LogP contribution < -0.4 is 18.9 Å². The van der Waals surface area contributed by atoms with Crippen LogP contribution in [0, 0.1) is 0 Å². The molecule has 0 aromatic rings. The van der Waals surface area contributed by atoms with Crippen LogP contribution in [0.4, 0.5) is 0 Å². The normalized spacial score (nSPS) is 16.1. The molecule has 0 aromatic heterocycles. The molecule has 0 aromatic carbocycles. The molecule has 0 bridgehead atoms. The molecule has 11 heavy (non-hydrogen) atoms. The monoisotopic (exact) mass is 160 g/mol. The third-order valence-corrected chi connectivity index (χ3v) is 3.12. The molecular formula is C9H17LiSi. The zero-order chi connectivity index (χ0) is 7.61. The van der Waals surface area contributed by atoms with E-state index in [2.05, 4.69) is 37.9 Å². The van der Waals surface area contributed by atoms with E-state index in [4.69, 9.17) is 0 Å². The Morgan fingerprint density at radius 1 is 1.45 bits per heavy atom. The first-order chi connectivity index (χ1) is 4.58. The number of rotatable bonds is 2. The van der Waals surface area contributed by atoms with E-state index in [0.29, 0.717) is 0 Å². The summed E-state index contributed by atoms with van der Waals surface area (Å²) >= 11 is 0. The maximum absolute atomic E-state index is 2.42. The van der Waals surface area contributed by atoms with Gasteiger partial charge in [-0.15, -0.1) is 0 Å². The standard InChI is InChI=1S/C9H16Si.Li.H/c1-10(2,3)8-9-6-4-5-7-9;;/h4-6H,7-8H2,1-3H3;;/q;+1;-1. The van der Waals surface area contributed by atoms with Gasteiger partial charge in [-0.25, -0.2) is 0 Å². The van der Waals surface area contributed by atoms with E-state index >= 15 is 0 Å². The van der Waals surface area contributed by atoms with Crippen LogP contribution >= 0.6 is 0 Å². The maximum Gasteiger partial charge on any atom is 1.00 e.